The zero-order valence-electron chi connectivity index (χ0n) is 99.5. The molecule has 0 aromatic heterocycles. The highest BCUT2D eigenvalue weighted by Gasteiger charge is 2.80. The van der Waals surface area contributed by atoms with Gasteiger partial charge in [-0.05, 0) is 513 Å². The number of carbonyl (C=O) groups excluding carboxylic acids is 2. The molecular formula is C132H218N6O12. The first-order chi connectivity index (χ1) is 70.9. The van der Waals surface area contributed by atoms with Crippen LogP contribution in [0.5, 0.6) is 0 Å². The van der Waals surface area contributed by atoms with Crippen molar-refractivity contribution in [3.63, 3.8) is 0 Å². The monoisotopic (exact) mass is 2080 g/mol. The minimum atomic E-state index is -0.316. The van der Waals surface area contributed by atoms with Gasteiger partial charge in [0.15, 0.2) is 23.1 Å². The van der Waals surface area contributed by atoms with Crippen molar-refractivity contribution in [2.45, 2.75) is 531 Å². The Hall–Kier alpha value is -1.87. The Morgan fingerprint density at radius 3 is 0.800 bits per heavy atom. The first-order valence-corrected chi connectivity index (χ1v) is 64.5. The SMILES string of the molecule is CN(C)[C@H]1CC[C@@]2(C)C(CC[C@@H]3C2CC[C@]2(C)C(=O)CC[C@@]32C)C1.CN(C)[C@H]1CC[C@@]2(C)C(CC[C@@H]3C2CC[C@]2(C)C4(CC[C@@]32C)OCCO4)C1.C[C@]12CC[C@@H](O)CC1CC[C@@H]1C2CC[C@]2(C)C(=O)CC[C@@]12C.C[C@]12CC[C@@H](O)CC1CC[C@@H]1C2CC[C@]2(C)C3(CC[C@@]12C)OCCO3.C[C@]12CC[C@H](N)CC1CC[C@@H]1C2CC[C@]2(C)C3(CC[C@@]12C)OCCO3.C[C@]12CC[C@H](N=[N+]=[N-])CC1CC[C@@H]1C2CC[C@]2(C)C3(CC[C@@]12C)OCCO3. The minimum Gasteiger partial charge on any atom is -0.393 e. The summed E-state index contributed by atoms with van der Waals surface area (Å²) in [6, 6.07) is 2.27. The number of ether oxygens (including phenoxy) is 8. The van der Waals surface area contributed by atoms with Crippen molar-refractivity contribution in [1.29, 1.82) is 0 Å². The second-order valence-corrected chi connectivity index (χ2v) is 64.1. The highest BCUT2D eigenvalue weighted by molar-refractivity contribution is 5.88. The Bertz CT molecular complexity index is 4880. The van der Waals surface area contributed by atoms with Gasteiger partial charge in [-0.2, -0.15) is 0 Å². The number of carbonyl (C=O) groups is 2. The molecule has 0 aromatic rings. The molecule has 18 nitrogen and oxygen atoms in total. The number of azide groups is 1. The highest BCUT2D eigenvalue weighted by atomic mass is 16.8. The molecule has 0 amide bonds. The van der Waals surface area contributed by atoms with E-state index >= 15 is 0 Å². The summed E-state index contributed by atoms with van der Waals surface area (Å²) in [5, 5.41) is 24.4. The summed E-state index contributed by atoms with van der Waals surface area (Å²) in [4.78, 5) is 33.3. The van der Waals surface area contributed by atoms with E-state index in [2.05, 4.69) is 173 Å². The minimum absolute atomic E-state index is 0.0157. The van der Waals surface area contributed by atoms with E-state index in [1.165, 1.54) is 244 Å². The number of fused-ring (bicyclic) bond motifs is 34. The van der Waals surface area contributed by atoms with Crippen molar-refractivity contribution in [1.82, 2.24) is 9.80 Å². The molecule has 28 rings (SSSR count). The van der Waals surface area contributed by atoms with E-state index in [1.54, 1.807) is 0 Å². The number of Topliss-reactive ketones (excluding diaryl/α,β-unsaturated/α-hetero) is 2. The topological polar surface area (TPSA) is 230 Å². The van der Waals surface area contributed by atoms with Gasteiger partial charge in [-0.15, -0.1) is 0 Å². The number of nitrogens with zero attached hydrogens (tertiary/aromatic N) is 5. The van der Waals surface area contributed by atoms with Crippen LogP contribution in [-0.4, -0.2) is 172 Å². The van der Waals surface area contributed by atoms with Gasteiger partial charge in [0.1, 0.15) is 11.6 Å². The van der Waals surface area contributed by atoms with E-state index in [0.29, 0.717) is 77.7 Å². The lowest BCUT2D eigenvalue weighted by Crippen LogP contribution is -2.61. The molecule has 4 spiro atoms. The molecule has 0 radical (unpaired) electrons. The van der Waals surface area contributed by atoms with Crippen molar-refractivity contribution < 1.29 is 57.7 Å². The molecule has 18 heteroatoms. The highest BCUT2D eigenvalue weighted by Crippen LogP contribution is 2.83. The van der Waals surface area contributed by atoms with Crippen LogP contribution >= 0.6 is 0 Å². The number of ketones is 2. The average Bonchev–Trinajstić information content (AvgIpc) is 1.52. The molecule has 4 heterocycles. The first kappa shape index (κ1) is 111. The second-order valence-electron chi connectivity index (χ2n) is 64.1. The Labute approximate surface area is 910 Å². The predicted molar refractivity (Wildman–Crippen MR) is 594 cm³/mol. The van der Waals surface area contributed by atoms with Gasteiger partial charge in [-0.3, -0.25) is 9.59 Å². The molecule has 4 saturated heterocycles. The number of aliphatic hydroxyl groups is 2. The van der Waals surface area contributed by atoms with Crippen LogP contribution in [0, 0.1) is 204 Å². The van der Waals surface area contributed by atoms with Gasteiger partial charge in [0.2, 0.25) is 0 Å². The fourth-order valence-electron chi connectivity index (χ4n) is 50.0. The lowest BCUT2D eigenvalue weighted by molar-refractivity contribution is -0.268. The van der Waals surface area contributed by atoms with Gasteiger partial charge < -0.3 is 63.6 Å². The van der Waals surface area contributed by atoms with Crippen molar-refractivity contribution >= 4 is 11.6 Å². The van der Waals surface area contributed by atoms with Gasteiger partial charge >= 0.3 is 0 Å². The summed E-state index contributed by atoms with van der Waals surface area (Å²) in [7, 11) is 9.09. The normalized spacial score (nSPS) is 55.5. The maximum Gasteiger partial charge on any atom is 0.174 e. The number of rotatable bonds is 3. The third-order valence-corrected chi connectivity index (χ3v) is 61.2. The molecule has 24 aliphatic carbocycles. The average molecular weight is 2080 g/mol. The number of nitrogens with two attached hydrogens (primary N) is 1. The summed E-state index contributed by atoms with van der Waals surface area (Å²) >= 11 is 0. The molecule has 28 fully saturated rings. The molecule has 12 unspecified atom stereocenters. The number of hydrogen-bond acceptors (Lipinski definition) is 16. The summed E-state index contributed by atoms with van der Waals surface area (Å²) in [6.45, 7) is 51.7. The van der Waals surface area contributed by atoms with Crippen LogP contribution in [0.3, 0.4) is 0 Å². The zero-order valence-corrected chi connectivity index (χ0v) is 99.5. The number of hydrogen-bond donors (Lipinski definition) is 3. The van der Waals surface area contributed by atoms with E-state index < -0.39 is 0 Å². The van der Waals surface area contributed by atoms with Crippen LogP contribution in [0.4, 0.5) is 0 Å². The van der Waals surface area contributed by atoms with Crippen LogP contribution in [0.25, 0.3) is 10.4 Å². The molecule has 4 N–H and O–H groups in total. The van der Waals surface area contributed by atoms with E-state index in [1.807, 2.05) is 0 Å². The van der Waals surface area contributed by atoms with Crippen LogP contribution in [-0.2, 0) is 47.5 Å². The number of aliphatic hydroxyl groups excluding tert-OH is 2. The van der Waals surface area contributed by atoms with Crippen LogP contribution in [0.2, 0.25) is 0 Å². The molecule has 848 valence electrons. The van der Waals surface area contributed by atoms with Gasteiger partial charge in [0.05, 0.1) is 65.1 Å². The fourth-order valence-corrected chi connectivity index (χ4v) is 50.0. The maximum absolute atomic E-state index is 12.7. The third-order valence-electron chi connectivity index (χ3n) is 61.2. The van der Waals surface area contributed by atoms with Crippen molar-refractivity contribution in [3.05, 3.63) is 10.4 Å². The Balaban J connectivity index is 0.0000000987. The molecule has 0 bridgehead atoms. The molecule has 150 heavy (non-hydrogen) atoms. The van der Waals surface area contributed by atoms with Crippen LogP contribution in [0.1, 0.15) is 471 Å². The standard InChI is InChI=1S/C24H41NO2.C22H35N3O2.C22H37NO2.C22H37NO.C22H36O3.C20H32O2/c1-21-10-8-18(25(4)5)16-17(21)6-7-20-19(21)9-11-23(3)22(20,2)12-13-24(23)26-14-15-27-24;1-19-8-6-16(24-25-23)14-15(19)4-5-18-17(19)7-9-21(3)20(18,2)10-11-22(21)26-12-13-27-22;1-19-8-6-16(23)14-15(19)4-5-18-17(19)7-9-21(3)20(18,2)10-11-22(21)24-12-13-25-22;1-20-11-8-16(23(4)5)14-15(20)6-7-18-17(20)9-12-22(3)19(24)10-13-21(18,22)2;1-19-8-6-16(23)14-15(19)4-5-18-17(19)7-9-21(3)20(18,2)10-11-22(21)24-12-13-25-22;1-18-9-6-14(21)12-13(18)4-5-16-15(18)7-10-20(3)17(22)8-11-19(16,20)2/h17-20H,6-16H2,1-5H3;15-18H,4-14H2,1-3H3;15-18H,4-14,23H2,1-3H3;15-18H,6-14H2,1-5H3;15-18,23H,4-14H2,1-3H3;13-16,21H,4-12H2,1-3H3/t17?,18-,19?,20+,21-,22-,23-;2*15?,16-,17?,18+,19-,20-,21-;15?,16-,17?,18+,20-,21-,22+;15?,16-,17?,18-,19+,20+,21+;13?,14-,15?,16-,18+,19+,20-/m000011/s1. The first-order valence-electron chi connectivity index (χ1n) is 64.5. The summed E-state index contributed by atoms with van der Waals surface area (Å²) in [5.74, 6) is 14.7. The predicted octanol–water partition coefficient (Wildman–Crippen LogP) is 29.2. The molecule has 0 aromatic carbocycles. The Kier molecular flexibility index (Phi) is 28.3. The zero-order chi connectivity index (χ0) is 106. The van der Waals surface area contributed by atoms with Crippen LogP contribution < -0.4 is 5.73 Å². The van der Waals surface area contributed by atoms with E-state index in [9.17, 15) is 19.8 Å². The summed E-state index contributed by atoms with van der Waals surface area (Å²) < 4.78 is 50.6. The largest absolute Gasteiger partial charge is 0.393 e. The molecule has 28 aliphatic rings. The third kappa shape index (κ3) is 15.5. The van der Waals surface area contributed by atoms with Gasteiger partial charge in [-0.25, -0.2) is 0 Å². The van der Waals surface area contributed by atoms with Crippen molar-refractivity contribution in [2.75, 3.05) is 81.0 Å². The quantitative estimate of drug-likeness (QED) is 0.136. The molecular weight excluding hydrogens is 1860 g/mol. The summed E-state index contributed by atoms with van der Waals surface area (Å²) in [6.07, 6.45) is 67.1. The van der Waals surface area contributed by atoms with Gasteiger partial charge in [-0.1, -0.05) is 130 Å². The van der Waals surface area contributed by atoms with Gasteiger partial charge in [0, 0.05) is 100 Å². The lowest BCUT2D eigenvalue weighted by Gasteiger charge is -2.65. The smallest absolute Gasteiger partial charge is 0.174 e. The second kappa shape index (κ2) is 38.4. The van der Waals surface area contributed by atoms with Crippen molar-refractivity contribution in [3.8, 4) is 0 Å². The van der Waals surface area contributed by atoms with Crippen LogP contribution in [0.15, 0.2) is 5.11 Å². The van der Waals surface area contributed by atoms with E-state index in [-0.39, 0.29) is 84.7 Å². The van der Waals surface area contributed by atoms with E-state index in [4.69, 9.17) is 49.2 Å². The molecule has 42 atom stereocenters. The van der Waals surface area contributed by atoms with E-state index in [0.717, 1.165) is 268 Å². The van der Waals surface area contributed by atoms with Crippen molar-refractivity contribution in [2.24, 2.45) is 215 Å². The Morgan fingerprint density at radius 1 is 0.267 bits per heavy atom. The summed E-state index contributed by atoms with van der Waals surface area (Å²) in [5.41, 5.74) is 20.6. The molecule has 24 saturated carbocycles. The lowest BCUT2D eigenvalue weighted by atomic mass is 9.41. The fraction of sp³-hybridized carbons (Fsp3) is 0.985. The maximum atomic E-state index is 12.7. The van der Waals surface area contributed by atoms with Gasteiger partial charge in [0.25, 0.3) is 0 Å². The Morgan fingerprint density at radius 2 is 0.513 bits per heavy atom. The molecule has 4 aliphatic heterocycles.